The van der Waals surface area contributed by atoms with E-state index in [1.807, 2.05) is 13.8 Å². The van der Waals surface area contributed by atoms with E-state index in [0.717, 1.165) is 19.3 Å². The first-order valence-electron chi connectivity index (χ1n) is 6.56. The van der Waals surface area contributed by atoms with Gasteiger partial charge in [-0.15, -0.1) is 0 Å². The molecule has 4 nitrogen and oxygen atoms in total. The van der Waals surface area contributed by atoms with Crippen molar-refractivity contribution in [3.63, 3.8) is 0 Å². The number of hydrogen-bond donors (Lipinski definition) is 2. The number of amides is 1. The van der Waals surface area contributed by atoms with Crippen molar-refractivity contribution in [3.05, 3.63) is 0 Å². The standard InChI is InChI=1S/C13H23NO3/c1-3-9(2)12(13(16)17)14-11(15)8-10-6-4-5-7-10/h9-10,12H,3-8H2,1-2H3,(H,14,15)(H,16,17). The highest BCUT2D eigenvalue weighted by Gasteiger charge is 2.26. The Morgan fingerprint density at radius 3 is 2.41 bits per heavy atom. The molecule has 1 saturated carbocycles. The first-order valence-corrected chi connectivity index (χ1v) is 6.56. The fourth-order valence-electron chi connectivity index (χ4n) is 2.39. The van der Waals surface area contributed by atoms with Crippen molar-refractivity contribution in [2.75, 3.05) is 0 Å². The minimum atomic E-state index is -0.931. The third-order valence-corrected chi connectivity index (χ3v) is 3.74. The molecule has 0 aromatic carbocycles. The van der Waals surface area contributed by atoms with E-state index < -0.39 is 12.0 Å². The van der Waals surface area contributed by atoms with Gasteiger partial charge in [-0.1, -0.05) is 33.1 Å². The van der Waals surface area contributed by atoms with Crippen molar-refractivity contribution >= 4 is 11.9 Å². The largest absolute Gasteiger partial charge is 0.480 e. The first-order chi connectivity index (χ1) is 8.04. The predicted octanol–water partition coefficient (Wildman–Crippen LogP) is 2.18. The Kier molecular flexibility index (Phi) is 5.45. The van der Waals surface area contributed by atoms with E-state index in [4.69, 9.17) is 5.11 Å². The summed E-state index contributed by atoms with van der Waals surface area (Å²) in [6, 6.07) is -0.742. The molecular weight excluding hydrogens is 218 g/mol. The first kappa shape index (κ1) is 14.0. The van der Waals surface area contributed by atoms with Crippen LogP contribution in [0.25, 0.3) is 0 Å². The van der Waals surface area contributed by atoms with Gasteiger partial charge < -0.3 is 10.4 Å². The second-order valence-corrected chi connectivity index (χ2v) is 5.12. The third-order valence-electron chi connectivity index (χ3n) is 3.74. The number of hydrogen-bond acceptors (Lipinski definition) is 2. The van der Waals surface area contributed by atoms with Gasteiger partial charge in [-0.3, -0.25) is 4.79 Å². The van der Waals surface area contributed by atoms with Crippen LogP contribution in [0, 0.1) is 11.8 Å². The molecule has 17 heavy (non-hydrogen) atoms. The van der Waals surface area contributed by atoms with Crippen LogP contribution in [0.4, 0.5) is 0 Å². The van der Waals surface area contributed by atoms with Crippen molar-refractivity contribution in [3.8, 4) is 0 Å². The summed E-state index contributed by atoms with van der Waals surface area (Å²) in [5.74, 6) is -0.606. The Labute approximate surface area is 103 Å². The summed E-state index contributed by atoms with van der Waals surface area (Å²) >= 11 is 0. The lowest BCUT2D eigenvalue weighted by Gasteiger charge is -2.21. The zero-order chi connectivity index (χ0) is 12.8. The van der Waals surface area contributed by atoms with Crippen LogP contribution in [0.3, 0.4) is 0 Å². The van der Waals surface area contributed by atoms with Crippen LogP contribution < -0.4 is 5.32 Å². The number of aliphatic carboxylic acids is 1. The van der Waals surface area contributed by atoms with Crippen LogP contribution >= 0.6 is 0 Å². The Bertz CT molecular complexity index is 272. The molecule has 1 aliphatic carbocycles. The minimum absolute atomic E-state index is 0.0278. The third kappa shape index (κ3) is 4.36. The van der Waals surface area contributed by atoms with Gasteiger partial charge in [0.2, 0.25) is 5.91 Å². The summed E-state index contributed by atoms with van der Waals surface area (Å²) in [5, 5.41) is 11.7. The number of carbonyl (C=O) groups is 2. The maximum Gasteiger partial charge on any atom is 0.326 e. The van der Waals surface area contributed by atoms with Crippen LogP contribution in [0.15, 0.2) is 0 Å². The molecule has 0 saturated heterocycles. The topological polar surface area (TPSA) is 66.4 Å². The van der Waals surface area contributed by atoms with Crippen molar-refractivity contribution in [1.82, 2.24) is 5.32 Å². The molecule has 1 fully saturated rings. The predicted molar refractivity (Wildman–Crippen MR) is 65.6 cm³/mol. The van der Waals surface area contributed by atoms with Crippen LogP contribution in [0.2, 0.25) is 0 Å². The summed E-state index contributed by atoms with van der Waals surface area (Å²) in [4.78, 5) is 22.8. The van der Waals surface area contributed by atoms with Crippen LogP contribution in [-0.4, -0.2) is 23.0 Å². The van der Waals surface area contributed by atoms with Gasteiger partial charge in [0, 0.05) is 6.42 Å². The fraction of sp³-hybridized carbons (Fsp3) is 0.846. The zero-order valence-electron chi connectivity index (χ0n) is 10.7. The number of carboxylic acids is 1. The second kappa shape index (κ2) is 6.62. The van der Waals surface area contributed by atoms with Gasteiger partial charge in [0.25, 0.3) is 0 Å². The summed E-state index contributed by atoms with van der Waals surface area (Å²) < 4.78 is 0. The van der Waals surface area contributed by atoms with E-state index in [-0.39, 0.29) is 11.8 Å². The van der Waals surface area contributed by atoms with Crippen molar-refractivity contribution < 1.29 is 14.7 Å². The number of rotatable bonds is 6. The molecule has 4 heteroatoms. The molecule has 0 spiro atoms. The van der Waals surface area contributed by atoms with Gasteiger partial charge in [-0.2, -0.15) is 0 Å². The Morgan fingerprint density at radius 2 is 1.94 bits per heavy atom. The molecule has 2 atom stereocenters. The summed E-state index contributed by atoms with van der Waals surface area (Å²) in [6.45, 7) is 3.79. The maximum absolute atomic E-state index is 11.8. The molecule has 0 aromatic heterocycles. The molecular formula is C13H23NO3. The SMILES string of the molecule is CCC(C)C(NC(=O)CC1CCCC1)C(=O)O. The van der Waals surface area contributed by atoms with Gasteiger partial charge in [-0.25, -0.2) is 4.79 Å². The van der Waals surface area contributed by atoms with Crippen LogP contribution in [-0.2, 0) is 9.59 Å². The van der Waals surface area contributed by atoms with Crippen molar-refractivity contribution in [2.24, 2.45) is 11.8 Å². The second-order valence-electron chi connectivity index (χ2n) is 5.12. The summed E-state index contributed by atoms with van der Waals surface area (Å²) in [6.07, 6.45) is 5.85. The molecule has 0 aliphatic heterocycles. The van der Waals surface area contributed by atoms with E-state index in [2.05, 4.69) is 5.32 Å². The smallest absolute Gasteiger partial charge is 0.326 e. The average Bonchev–Trinajstić information content (AvgIpc) is 2.77. The molecule has 1 amide bonds. The van der Waals surface area contributed by atoms with E-state index >= 15 is 0 Å². The molecule has 2 N–H and O–H groups in total. The lowest BCUT2D eigenvalue weighted by Crippen LogP contribution is -2.45. The van der Waals surface area contributed by atoms with Gasteiger partial charge in [-0.05, 0) is 24.7 Å². The molecule has 98 valence electrons. The zero-order valence-corrected chi connectivity index (χ0v) is 10.7. The summed E-state index contributed by atoms with van der Waals surface area (Å²) in [5.41, 5.74) is 0. The molecule has 0 radical (unpaired) electrons. The van der Waals surface area contributed by atoms with Crippen LogP contribution in [0.1, 0.15) is 52.4 Å². The Morgan fingerprint density at radius 1 is 1.35 bits per heavy atom. The summed E-state index contributed by atoms with van der Waals surface area (Å²) in [7, 11) is 0. The van der Waals surface area contributed by atoms with Crippen LogP contribution in [0.5, 0.6) is 0 Å². The molecule has 2 unspecified atom stereocenters. The monoisotopic (exact) mass is 241 g/mol. The Hall–Kier alpha value is -1.06. The lowest BCUT2D eigenvalue weighted by atomic mass is 9.98. The van der Waals surface area contributed by atoms with E-state index in [1.165, 1.54) is 12.8 Å². The molecule has 1 rings (SSSR count). The number of carbonyl (C=O) groups excluding carboxylic acids is 1. The molecule has 0 aromatic rings. The fourth-order valence-corrected chi connectivity index (χ4v) is 2.39. The quantitative estimate of drug-likeness (QED) is 0.749. The van der Waals surface area contributed by atoms with Crippen molar-refractivity contribution in [2.45, 2.75) is 58.4 Å². The van der Waals surface area contributed by atoms with E-state index in [0.29, 0.717) is 12.3 Å². The van der Waals surface area contributed by atoms with Gasteiger partial charge in [0.05, 0.1) is 0 Å². The highest BCUT2D eigenvalue weighted by atomic mass is 16.4. The number of carboxylic acid groups (broad SMARTS) is 1. The highest BCUT2D eigenvalue weighted by molar-refractivity contribution is 5.83. The minimum Gasteiger partial charge on any atom is -0.480 e. The van der Waals surface area contributed by atoms with Gasteiger partial charge >= 0.3 is 5.97 Å². The highest BCUT2D eigenvalue weighted by Crippen LogP contribution is 2.27. The van der Waals surface area contributed by atoms with Gasteiger partial charge in [0.15, 0.2) is 0 Å². The van der Waals surface area contributed by atoms with E-state index in [9.17, 15) is 9.59 Å². The van der Waals surface area contributed by atoms with Crippen molar-refractivity contribution in [1.29, 1.82) is 0 Å². The molecule has 0 bridgehead atoms. The lowest BCUT2D eigenvalue weighted by molar-refractivity contribution is -0.143. The van der Waals surface area contributed by atoms with Gasteiger partial charge in [0.1, 0.15) is 6.04 Å². The van der Waals surface area contributed by atoms with E-state index in [1.54, 1.807) is 0 Å². The normalized spacial score (nSPS) is 19.9. The maximum atomic E-state index is 11.8. The molecule has 0 heterocycles. The average molecular weight is 241 g/mol. The number of nitrogens with one attached hydrogen (secondary N) is 1. The Balaban J connectivity index is 2.43. The molecule has 1 aliphatic rings.